The second-order valence-electron chi connectivity index (χ2n) is 8.96. The number of aliphatic hydroxyl groups is 2. The summed E-state index contributed by atoms with van der Waals surface area (Å²) < 4.78 is 1.35. The minimum Gasteiger partial charge on any atom is -0.394 e. The molecule has 33 heavy (non-hydrogen) atoms. The lowest BCUT2D eigenvalue weighted by molar-refractivity contribution is -0.145. The van der Waals surface area contributed by atoms with Gasteiger partial charge in [0.05, 0.1) is 23.2 Å². The van der Waals surface area contributed by atoms with Gasteiger partial charge < -0.3 is 15.5 Å². The maximum atomic E-state index is 13.6. The molecule has 10 nitrogen and oxygen atoms in total. The number of carbonyl (C=O) groups excluding carboxylic acids is 2. The number of fused-ring (bicyclic) bond motifs is 5. The number of rotatable bonds is 1. The number of hydrogen-bond donors (Lipinski definition) is 3. The van der Waals surface area contributed by atoms with Crippen LogP contribution in [0.15, 0.2) is 53.3 Å². The van der Waals surface area contributed by atoms with Crippen molar-refractivity contribution in [2.75, 3.05) is 11.5 Å². The third-order valence-electron chi connectivity index (χ3n) is 7.42. The van der Waals surface area contributed by atoms with E-state index >= 15 is 0 Å². The molecule has 1 fully saturated rings. The van der Waals surface area contributed by atoms with Crippen molar-refractivity contribution >= 4 is 28.4 Å². The fourth-order valence-electron chi connectivity index (χ4n) is 6.08. The summed E-state index contributed by atoms with van der Waals surface area (Å²) in [5.74, 6) is -0.528. The van der Waals surface area contributed by atoms with Gasteiger partial charge in [-0.05, 0) is 18.2 Å². The van der Waals surface area contributed by atoms with E-state index in [2.05, 4.69) is 5.32 Å². The summed E-state index contributed by atoms with van der Waals surface area (Å²) in [5, 5.41) is 25.6. The highest BCUT2D eigenvalue weighted by atomic mass is 16.3. The first kappa shape index (κ1) is 18.9. The molecule has 3 N–H and O–H groups in total. The van der Waals surface area contributed by atoms with E-state index in [1.165, 1.54) is 9.47 Å². The van der Waals surface area contributed by atoms with Crippen LogP contribution in [0.5, 0.6) is 0 Å². The fourth-order valence-corrected chi connectivity index (χ4v) is 6.08. The van der Waals surface area contributed by atoms with E-state index in [1.807, 2.05) is 0 Å². The van der Waals surface area contributed by atoms with Gasteiger partial charge in [-0.15, -0.1) is 0 Å². The molecular weight excluding hydrogens is 426 g/mol. The lowest BCUT2D eigenvalue weighted by atomic mass is 9.83. The Morgan fingerprint density at radius 1 is 1.09 bits per heavy atom. The molecular formula is C23H19N5O5. The Morgan fingerprint density at radius 2 is 1.85 bits per heavy atom. The molecule has 7 rings (SSSR count). The molecule has 0 spiro atoms. The van der Waals surface area contributed by atoms with Crippen LogP contribution >= 0.6 is 0 Å². The quantitative estimate of drug-likeness (QED) is 0.470. The van der Waals surface area contributed by atoms with Crippen LogP contribution in [0.3, 0.4) is 0 Å². The summed E-state index contributed by atoms with van der Waals surface area (Å²) in [6, 6.07) is 11.9. The SMILES string of the molecule is O=C1NC2c3nc4ccccc4c(=O)n3C1CC1(O)c3ccccc3N3C(=O)C(CO)N2C31. The van der Waals surface area contributed by atoms with Crippen LogP contribution in [0.2, 0.25) is 0 Å². The molecule has 3 aromatic rings. The standard InChI is InChI=1S/C23H19N5O5/c29-10-16-21(32)28-14-8-4-2-6-12(14)23(33)9-15-19(30)25-18(27(16)22(23)28)17-24-13-7-3-1-5-11(13)20(31)26(15)17/h1-8,15-16,18,22,29,33H,9-10H2,(H,25,30). The molecule has 1 aromatic heterocycles. The topological polar surface area (TPSA) is 128 Å². The number of benzene rings is 2. The van der Waals surface area contributed by atoms with Gasteiger partial charge >= 0.3 is 0 Å². The van der Waals surface area contributed by atoms with Gasteiger partial charge in [-0.25, -0.2) is 9.88 Å². The van der Waals surface area contributed by atoms with Crippen LogP contribution in [0, 0.1) is 0 Å². The lowest BCUT2D eigenvalue weighted by Gasteiger charge is -2.48. The van der Waals surface area contributed by atoms with Crippen molar-refractivity contribution in [3.63, 3.8) is 0 Å². The highest BCUT2D eigenvalue weighted by Crippen LogP contribution is 2.55. The summed E-state index contributed by atoms with van der Waals surface area (Å²) in [6.07, 6.45) is -1.97. The summed E-state index contributed by atoms with van der Waals surface area (Å²) >= 11 is 0. The zero-order valence-corrected chi connectivity index (χ0v) is 17.3. The maximum absolute atomic E-state index is 13.6. The van der Waals surface area contributed by atoms with Gasteiger partial charge in [-0.2, -0.15) is 0 Å². The van der Waals surface area contributed by atoms with E-state index in [1.54, 1.807) is 53.4 Å². The number of amides is 2. The van der Waals surface area contributed by atoms with E-state index in [4.69, 9.17) is 4.98 Å². The lowest BCUT2D eigenvalue weighted by Crippen LogP contribution is -2.64. The first-order valence-electron chi connectivity index (χ1n) is 10.8. The number of carbonyl (C=O) groups is 2. The van der Waals surface area contributed by atoms with E-state index in [-0.39, 0.29) is 23.7 Å². The third-order valence-corrected chi connectivity index (χ3v) is 7.42. The minimum absolute atomic E-state index is 0.126. The molecule has 10 heteroatoms. The van der Waals surface area contributed by atoms with Crippen molar-refractivity contribution in [3.8, 4) is 0 Å². The van der Waals surface area contributed by atoms with Gasteiger partial charge in [0.25, 0.3) is 5.56 Å². The summed E-state index contributed by atoms with van der Waals surface area (Å²) in [4.78, 5) is 48.1. The third kappa shape index (κ3) is 2.09. The normalized spacial score (nSPS) is 31.8. The van der Waals surface area contributed by atoms with Gasteiger partial charge in [-0.3, -0.25) is 23.9 Å². The second kappa shape index (κ2) is 6.04. The molecule has 2 bridgehead atoms. The predicted octanol–water partition coefficient (Wildman–Crippen LogP) is -0.293. The number of nitrogens with one attached hydrogen (secondary N) is 1. The van der Waals surface area contributed by atoms with Crippen LogP contribution in [0.4, 0.5) is 5.69 Å². The molecule has 5 atom stereocenters. The average molecular weight is 445 g/mol. The number of para-hydroxylation sites is 2. The molecule has 2 amide bonds. The van der Waals surface area contributed by atoms with E-state index in [0.29, 0.717) is 22.2 Å². The summed E-state index contributed by atoms with van der Waals surface area (Å²) in [7, 11) is 0. The van der Waals surface area contributed by atoms with Crippen LogP contribution in [0.25, 0.3) is 10.9 Å². The van der Waals surface area contributed by atoms with Crippen LogP contribution in [-0.4, -0.2) is 55.3 Å². The number of anilines is 1. The molecule has 5 heterocycles. The van der Waals surface area contributed by atoms with Gasteiger partial charge in [-0.1, -0.05) is 30.3 Å². The van der Waals surface area contributed by atoms with Gasteiger partial charge in [0.15, 0.2) is 5.82 Å². The summed E-state index contributed by atoms with van der Waals surface area (Å²) in [5.41, 5.74) is -0.467. The molecule has 2 aromatic carbocycles. The fraction of sp³-hybridized carbons (Fsp3) is 0.304. The molecule has 1 saturated heterocycles. The van der Waals surface area contributed by atoms with Gasteiger partial charge in [0, 0.05) is 12.0 Å². The van der Waals surface area contributed by atoms with Gasteiger partial charge in [0.1, 0.15) is 30.0 Å². The molecule has 0 saturated carbocycles. The van der Waals surface area contributed by atoms with E-state index in [0.717, 1.165) is 0 Å². The van der Waals surface area contributed by atoms with Crippen LogP contribution in [-0.2, 0) is 15.2 Å². The Hall–Kier alpha value is -3.60. The van der Waals surface area contributed by atoms with Crippen molar-refractivity contribution in [2.45, 2.75) is 36.4 Å². The van der Waals surface area contributed by atoms with Crippen molar-refractivity contribution in [1.29, 1.82) is 0 Å². The van der Waals surface area contributed by atoms with Crippen molar-refractivity contribution in [1.82, 2.24) is 19.8 Å². The van der Waals surface area contributed by atoms with E-state index in [9.17, 15) is 24.6 Å². The minimum atomic E-state index is -1.63. The number of aromatic nitrogens is 2. The maximum Gasteiger partial charge on any atom is 0.262 e. The Bertz CT molecular complexity index is 1450. The average Bonchev–Trinajstić information content (AvgIpc) is 3.24. The monoisotopic (exact) mass is 445 g/mol. The van der Waals surface area contributed by atoms with Crippen molar-refractivity contribution in [2.24, 2.45) is 0 Å². The molecule has 4 aliphatic rings. The van der Waals surface area contributed by atoms with Gasteiger partial charge in [0.2, 0.25) is 11.8 Å². The Morgan fingerprint density at radius 3 is 2.67 bits per heavy atom. The second-order valence-corrected chi connectivity index (χ2v) is 8.96. The number of hydrogen-bond acceptors (Lipinski definition) is 7. The van der Waals surface area contributed by atoms with Crippen molar-refractivity contribution in [3.05, 3.63) is 70.3 Å². The molecule has 0 aliphatic carbocycles. The zero-order chi connectivity index (χ0) is 22.6. The van der Waals surface area contributed by atoms with Crippen molar-refractivity contribution < 1.29 is 19.8 Å². The summed E-state index contributed by atoms with van der Waals surface area (Å²) in [6.45, 7) is -0.516. The van der Waals surface area contributed by atoms with Crippen LogP contribution < -0.4 is 15.8 Å². The smallest absolute Gasteiger partial charge is 0.262 e. The molecule has 4 aliphatic heterocycles. The Labute approximate surface area is 186 Å². The predicted molar refractivity (Wildman–Crippen MR) is 115 cm³/mol. The van der Waals surface area contributed by atoms with E-state index < -0.39 is 42.5 Å². The Kier molecular flexibility index (Phi) is 3.47. The number of aliphatic hydroxyl groups excluding tert-OH is 1. The number of nitrogens with zero attached hydrogens (tertiary/aromatic N) is 4. The zero-order valence-electron chi connectivity index (χ0n) is 17.3. The first-order valence-corrected chi connectivity index (χ1v) is 10.8. The highest BCUT2D eigenvalue weighted by molar-refractivity contribution is 6.03. The Balaban J connectivity index is 1.58. The molecule has 0 radical (unpaired) electrons. The molecule has 166 valence electrons. The van der Waals surface area contributed by atoms with Crippen LogP contribution in [0.1, 0.15) is 30.0 Å². The first-order chi connectivity index (χ1) is 16.0. The molecule has 5 unspecified atom stereocenters. The highest BCUT2D eigenvalue weighted by Gasteiger charge is 2.66. The largest absolute Gasteiger partial charge is 0.394 e.